The number of ether oxygens (including phenoxy) is 2. The van der Waals surface area contributed by atoms with E-state index < -0.39 is 5.97 Å². The van der Waals surface area contributed by atoms with E-state index in [0.29, 0.717) is 23.0 Å². The van der Waals surface area contributed by atoms with Crippen LogP contribution in [0, 0.1) is 18.3 Å². The number of nitriles is 1. The van der Waals surface area contributed by atoms with Crippen molar-refractivity contribution in [1.29, 1.82) is 5.26 Å². The summed E-state index contributed by atoms with van der Waals surface area (Å²) in [4.78, 5) is 11.9. The number of esters is 1. The number of nitrogens with zero attached hydrogens (tertiary/aromatic N) is 1. The van der Waals surface area contributed by atoms with Crippen LogP contribution in [-0.4, -0.2) is 12.6 Å². The van der Waals surface area contributed by atoms with Gasteiger partial charge in [-0.2, -0.15) is 5.26 Å². The van der Waals surface area contributed by atoms with Gasteiger partial charge in [-0.3, -0.25) is 0 Å². The fraction of sp³-hybridized carbons (Fsp3) is 0.263. The second-order valence-electron chi connectivity index (χ2n) is 5.60. The van der Waals surface area contributed by atoms with E-state index in [-0.39, 0.29) is 6.61 Å². The highest BCUT2D eigenvalue weighted by atomic mass is 16.6. The predicted molar refractivity (Wildman–Crippen MR) is 87.6 cm³/mol. The van der Waals surface area contributed by atoms with E-state index in [0.717, 1.165) is 11.1 Å². The zero-order valence-electron chi connectivity index (χ0n) is 13.5. The molecule has 0 amide bonds. The summed E-state index contributed by atoms with van der Waals surface area (Å²) in [6.07, 6.45) is 0. The molecule has 4 nitrogen and oxygen atoms in total. The van der Waals surface area contributed by atoms with E-state index in [1.165, 1.54) is 6.07 Å². The van der Waals surface area contributed by atoms with Crippen molar-refractivity contribution < 1.29 is 14.3 Å². The van der Waals surface area contributed by atoms with Crippen LogP contribution in [0.4, 0.5) is 0 Å². The molecule has 0 aliphatic rings. The van der Waals surface area contributed by atoms with Crippen LogP contribution in [0.5, 0.6) is 11.5 Å². The van der Waals surface area contributed by atoms with Crippen molar-refractivity contribution in [3.8, 4) is 17.6 Å². The molecule has 4 heteroatoms. The summed E-state index contributed by atoms with van der Waals surface area (Å²) in [5.41, 5.74) is 2.56. The third-order valence-corrected chi connectivity index (χ3v) is 3.33. The largest absolute Gasteiger partial charge is 0.482 e. The number of carbonyl (C=O) groups excluding carboxylic acids is 1. The average Bonchev–Trinajstić information content (AvgIpc) is 2.53. The first-order valence-corrected chi connectivity index (χ1v) is 7.44. The van der Waals surface area contributed by atoms with Crippen LogP contribution < -0.4 is 9.47 Å². The number of carbonyl (C=O) groups is 1. The van der Waals surface area contributed by atoms with Crippen LogP contribution >= 0.6 is 0 Å². The zero-order valence-corrected chi connectivity index (χ0v) is 13.5. The van der Waals surface area contributed by atoms with Crippen molar-refractivity contribution in [3.05, 3.63) is 59.2 Å². The van der Waals surface area contributed by atoms with Gasteiger partial charge < -0.3 is 9.47 Å². The SMILES string of the molecule is Cc1ccc(C(C)C)c(OCC(=O)Oc2cccc(C#N)c2)c1. The van der Waals surface area contributed by atoms with Crippen molar-refractivity contribution in [2.45, 2.75) is 26.7 Å². The second kappa shape index (κ2) is 7.46. The van der Waals surface area contributed by atoms with Gasteiger partial charge >= 0.3 is 5.97 Å². The topological polar surface area (TPSA) is 59.3 Å². The van der Waals surface area contributed by atoms with Crippen LogP contribution in [0.2, 0.25) is 0 Å². The standard InChI is InChI=1S/C19H19NO3/c1-13(2)17-8-7-14(3)9-18(17)22-12-19(21)23-16-6-4-5-15(10-16)11-20/h4-10,13H,12H2,1-3H3. The molecule has 0 aliphatic carbocycles. The summed E-state index contributed by atoms with van der Waals surface area (Å²) in [6.45, 7) is 5.94. The zero-order chi connectivity index (χ0) is 16.8. The van der Waals surface area contributed by atoms with Crippen molar-refractivity contribution in [2.24, 2.45) is 0 Å². The van der Waals surface area contributed by atoms with E-state index in [1.54, 1.807) is 18.2 Å². The monoisotopic (exact) mass is 309 g/mol. The molecule has 2 aromatic rings. The Morgan fingerprint density at radius 3 is 2.70 bits per heavy atom. The van der Waals surface area contributed by atoms with Crippen molar-refractivity contribution in [1.82, 2.24) is 0 Å². The molecule has 0 saturated heterocycles. The maximum atomic E-state index is 11.9. The van der Waals surface area contributed by atoms with Gasteiger partial charge in [0, 0.05) is 0 Å². The van der Waals surface area contributed by atoms with E-state index in [9.17, 15) is 4.79 Å². The molecule has 0 radical (unpaired) electrons. The molecule has 0 spiro atoms. The Bertz CT molecular complexity index is 745. The van der Waals surface area contributed by atoms with Gasteiger partial charge in [0.05, 0.1) is 11.6 Å². The minimum atomic E-state index is -0.503. The Morgan fingerprint density at radius 1 is 1.22 bits per heavy atom. The molecule has 0 aromatic heterocycles. The summed E-state index contributed by atoms with van der Waals surface area (Å²) in [5, 5.41) is 8.84. The third-order valence-electron chi connectivity index (χ3n) is 3.33. The van der Waals surface area contributed by atoms with Crippen LogP contribution in [0.15, 0.2) is 42.5 Å². The van der Waals surface area contributed by atoms with Gasteiger partial charge in [-0.1, -0.05) is 32.0 Å². The molecular weight excluding hydrogens is 290 g/mol. The third kappa shape index (κ3) is 4.58. The lowest BCUT2D eigenvalue weighted by atomic mass is 10.0. The number of aryl methyl sites for hydroxylation is 1. The Labute approximate surface area is 136 Å². The van der Waals surface area contributed by atoms with Gasteiger partial charge in [-0.25, -0.2) is 4.79 Å². The van der Waals surface area contributed by atoms with Crippen molar-refractivity contribution >= 4 is 5.97 Å². The minimum absolute atomic E-state index is 0.181. The van der Waals surface area contributed by atoms with Crippen LogP contribution in [-0.2, 0) is 4.79 Å². The lowest BCUT2D eigenvalue weighted by Gasteiger charge is -2.14. The fourth-order valence-electron chi connectivity index (χ4n) is 2.17. The number of hydrogen-bond donors (Lipinski definition) is 0. The molecule has 2 aromatic carbocycles. The maximum absolute atomic E-state index is 11.9. The summed E-state index contributed by atoms with van der Waals surface area (Å²) in [7, 11) is 0. The predicted octanol–water partition coefficient (Wildman–Crippen LogP) is 3.97. The molecule has 2 rings (SSSR count). The van der Waals surface area contributed by atoms with Crippen molar-refractivity contribution in [2.75, 3.05) is 6.61 Å². The lowest BCUT2D eigenvalue weighted by molar-refractivity contribution is -0.136. The first kappa shape index (κ1) is 16.6. The molecule has 0 bridgehead atoms. The molecule has 0 aliphatic heterocycles. The van der Waals surface area contributed by atoms with Crippen LogP contribution in [0.1, 0.15) is 36.5 Å². The molecular formula is C19H19NO3. The van der Waals surface area contributed by atoms with Gasteiger partial charge in [-0.15, -0.1) is 0 Å². The van der Waals surface area contributed by atoms with E-state index in [4.69, 9.17) is 14.7 Å². The Hall–Kier alpha value is -2.80. The fourth-order valence-corrected chi connectivity index (χ4v) is 2.17. The van der Waals surface area contributed by atoms with Gasteiger partial charge in [0.2, 0.25) is 0 Å². The number of rotatable bonds is 5. The summed E-state index contributed by atoms with van der Waals surface area (Å²) < 4.78 is 10.8. The Balaban J connectivity index is 2.02. The maximum Gasteiger partial charge on any atom is 0.349 e. The van der Waals surface area contributed by atoms with E-state index in [2.05, 4.69) is 13.8 Å². The van der Waals surface area contributed by atoms with Gasteiger partial charge in [-0.05, 0) is 48.2 Å². The highest BCUT2D eigenvalue weighted by Gasteiger charge is 2.11. The number of benzene rings is 2. The quantitative estimate of drug-likeness (QED) is 0.619. The smallest absolute Gasteiger partial charge is 0.349 e. The van der Waals surface area contributed by atoms with Crippen LogP contribution in [0.25, 0.3) is 0 Å². The lowest BCUT2D eigenvalue weighted by Crippen LogP contribution is -2.18. The number of hydrogen-bond acceptors (Lipinski definition) is 4. The summed E-state index contributed by atoms with van der Waals surface area (Å²) in [6, 6.07) is 14.4. The average molecular weight is 309 g/mol. The minimum Gasteiger partial charge on any atom is -0.482 e. The highest BCUT2D eigenvalue weighted by molar-refractivity contribution is 5.74. The summed E-state index contributed by atoms with van der Waals surface area (Å²) in [5.74, 6) is 0.832. The molecule has 0 heterocycles. The Morgan fingerprint density at radius 2 is 2.00 bits per heavy atom. The molecule has 0 N–H and O–H groups in total. The summed E-state index contributed by atoms with van der Waals surface area (Å²) >= 11 is 0. The first-order chi connectivity index (χ1) is 11.0. The molecule has 23 heavy (non-hydrogen) atoms. The van der Waals surface area contributed by atoms with Crippen molar-refractivity contribution in [3.63, 3.8) is 0 Å². The first-order valence-electron chi connectivity index (χ1n) is 7.44. The molecule has 0 atom stereocenters. The van der Waals surface area contributed by atoms with Gasteiger partial charge in [0.25, 0.3) is 0 Å². The van der Waals surface area contributed by atoms with E-state index >= 15 is 0 Å². The van der Waals surface area contributed by atoms with Gasteiger partial charge in [0.1, 0.15) is 11.5 Å². The molecule has 0 saturated carbocycles. The van der Waals surface area contributed by atoms with Gasteiger partial charge in [0.15, 0.2) is 6.61 Å². The Kier molecular flexibility index (Phi) is 5.37. The van der Waals surface area contributed by atoms with E-state index in [1.807, 2.05) is 31.2 Å². The molecule has 0 unspecified atom stereocenters. The molecule has 0 fully saturated rings. The molecule has 118 valence electrons. The second-order valence-corrected chi connectivity index (χ2v) is 5.60. The highest BCUT2D eigenvalue weighted by Crippen LogP contribution is 2.27. The van der Waals surface area contributed by atoms with Crippen LogP contribution in [0.3, 0.4) is 0 Å². The normalized spacial score (nSPS) is 10.2.